The highest BCUT2D eigenvalue weighted by Crippen LogP contribution is 2.29. The molecule has 0 radical (unpaired) electrons. The summed E-state index contributed by atoms with van der Waals surface area (Å²) < 4.78 is 6.34. The molecule has 118 valence electrons. The summed E-state index contributed by atoms with van der Waals surface area (Å²) in [5, 5.41) is 9.13. The van der Waals surface area contributed by atoms with Gasteiger partial charge in [0.05, 0.1) is 11.1 Å². The maximum atomic E-state index is 11.1. The molecule has 0 atom stereocenters. The molecule has 0 amide bonds. The van der Waals surface area contributed by atoms with Gasteiger partial charge in [-0.05, 0) is 34.5 Å². The van der Waals surface area contributed by atoms with E-state index in [1.807, 2.05) is 0 Å². The van der Waals surface area contributed by atoms with Crippen molar-refractivity contribution in [1.82, 2.24) is 0 Å². The van der Waals surface area contributed by atoms with E-state index in [0.717, 1.165) is 12.8 Å². The Morgan fingerprint density at radius 3 is 2.33 bits per heavy atom. The number of hydrogen-bond acceptors (Lipinski definition) is 2. The van der Waals surface area contributed by atoms with E-state index < -0.39 is 5.97 Å². The normalized spacial score (nSPS) is 10.6. The van der Waals surface area contributed by atoms with E-state index in [9.17, 15) is 4.79 Å². The number of unbranched alkanes of at least 4 members (excludes halogenated alkanes) is 7. The van der Waals surface area contributed by atoms with Gasteiger partial charge in [-0.15, -0.1) is 0 Å². The van der Waals surface area contributed by atoms with Gasteiger partial charge in [0.15, 0.2) is 0 Å². The second kappa shape index (κ2) is 10.7. The fourth-order valence-electron chi connectivity index (χ4n) is 2.23. The lowest BCUT2D eigenvalue weighted by atomic mass is 10.1. The molecule has 0 bridgehead atoms. The predicted octanol–water partition coefficient (Wildman–Crippen LogP) is 5.67. The van der Waals surface area contributed by atoms with E-state index in [4.69, 9.17) is 9.84 Å². The first kappa shape index (κ1) is 18.0. The summed E-state index contributed by atoms with van der Waals surface area (Å²) in [4.78, 5) is 11.1. The number of carboxylic acids is 1. The lowest BCUT2D eigenvalue weighted by Crippen LogP contribution is -2.05. The van der Waals surface area contributed by atoms with Gasteiger partial charge >= 0.3 is 5.97 Å². The Kier molecular flexibility index (Phi) is 9.15. The first-order chi connectivity index (χ1) is 10.2. The van der Waals surface area contributed by atoms with Gasteiger partial charge in [-0.2, -0.15) is 0 Å². The number of rotatable bonds is 11. The van der Waals surface area contributed by atoms with E-state index in [1.54, 1.807) is 18.2 Å². The third kappa shape index (κ3) is 6.98. The van der Waals surface area contributed by atoms with Gasteiger partial charge in [0.25, 0.3) is 0 Å². The number of para-hydroxylation sites is 1. The van der Waals surface area contributed by atoms with Crippen molar-refractivity contribution in [1.29, 1.82) is 0 Å². The molecule has 0 fully saturated rings. The molecule has 0 saturated carbocycles. The summed E-state index contributed by atoms with van der Waals surface area (Å²) in [6, 6.07) is 5.07. The van der Waals surface area contributed by atoms with E-state index in [1.165, 1.54) is 38.5 Å². The van der Waals surface area contributed by atoms with Crippen LogP contribution in [0.2, 0.25) is 0 Å². The molecule has 0 aliphatic heterocycles. The fraction of sp³-hybridized carbons (Fsp3) is 0.588. The average molecular weight is 357 g/mol. The molecular weight excluding hydrogens is 332 g/mol. The summed E-state index contributed by atoms with van der Waals surface area (Å²) in [6.07, 6.45) is 9.90. The lowest BCUT2D eigenvalue weighted by Gasteiger charge is -2.11. The smallest absolute Gasteiger partial charge is 0.339 e. The zero-order chi connectivity index (χ0) is 15.5. The number of carboxylic acid groups (broad SMARTS) is 1. The first-order valence-electron chi connectivity index (χ1n) is 7.81. The third-order valence-electron chi connectivity index (χ3n) is 3.44. The molecule has 0 aliphatic rings. The highest BCUT2D eigenvalue weighted by molar-refractivity contribution is 9.10. The van der Waals surface area contributed by atoms with Crippen LogP contribution >= 0.6 is 15.9 Å². The highest BCUT2D eigenvalue weighted by atomic mass is 79.9. The van der Waals surface area contributed by atoms with Gasteiger partial charge in [-0.3, -0.25) is 0 Å². The molecule has 0 spiro atoms. The Bertz CT molecular complexity index is 432. The second-order valence-electron chi connectivity index (χ2n) is 5.25. The van der Waals surface area contributed by atoms with Crippen molar-refractivity contribution in [3.63, 3.8) is 0 Å². The zero-order valence-corrected chi connectivity index (χ0v) is 14.3. The van der Waals surface area contributed by atoms with Crippen molar-refractivity contribution in [3.8, 4) is 5.75 Å². The summed E-state index contributed by atoms with van der Waals surface area (Å²) in [5.74, 6) is -0.518. The van der Waals surface area contributed by atoms with Crippen molar-refractivity contribution in [2.45, 2.75) is 58.3 Å². The molecule has 1 aromatic rings. The molecule has 3 nitrogen and oxygen atoms in total. The number of hydrogen-bond donors (Lipinski definition) is 1. The molecule has 21 heavy (non-hydrogen) atoms. The van der Waals surface area contributed by atoms with Gasteiger partial charge in [0.1, 0.15) is 11.3 Å². The van der Waals surface area contributed by atoms with Gasteiger partial charge in [-0.25, -0.2) is 4.79 Å². The van der Waals surface area contributed by atoms with E-state index in [-0.39, 0.29) is 5.56 Å². The Hall–Kier alpha value is -1.03. The Morgan fingerprint density at radius 2 is 1.71 bits per heavy atom. The van der Waals surface area contributed by atoms with Gasteiger partial charge in [0, 0.05) is 0 Å². The fourth-order valence-corrected chi connectivity index (χ4v) is 2.71. The largest absolute Gasteiger partial charge is 0.491 e. The molecule has 0 aromatic heterocycles. The number of benzene rings is 1. The maximum Gasteiger partial charge on any atom is 0.339 e. The van der Waals surface area contributed by atoms with Crippen molar-refractivity contribution in [3.05, 3.63) is 28.2 Å². The van der Waals surface area contributed by atoms with E-state index in [0.29, 0.717) is 16.8 Å². The molecule has 1 aromatic carbocycles. The van der Waals surface area contributed by atoms with E-state index >= 15 is 0 Å². The second-order valence-corrected chi connectivity index (χ2v) is 6.10. The molecule has 0 unspecified atom stereocenters. The van der Waals surface area contributed by atoms with Crippen LogP contribution in [0.3, 0.4) is 0 Å². The summed E-state index contributed by atoms with van der Waals surface area (Å²) in [7, 11) is 0. The maximum absolute atomic E-state index is 11.1. The van der Waals surface area contributed by atoms with Crippen LogP contribution in [0.5, 0.6) is 5.75 Å². The van der Waals surface area contributed by atoms with Gasteiger partial charge in [0.2, 0.25) is 0 Å². The van der Waals surface area contributed by atoms with Crippen LogP contribution in [0.25, 0.3) is 0 Å². The molecule has 1 N–H and O–H groups in total. The summed E-state index contributed by atoms with van der Waals surface area (Å²) >= 11 is 3.35. The standard InChI is InChI=1S/C17H25BrO3/c1-2-3-4-5-6-7-8-9-13-21-16-14(17(19)20)11-10-12-15(16)18/h10-12H,2-9,13H2,1H3,(H,19,20). The SMILES string of the molecule is CCCCCCCCCCOc1c(Br)cccc1C(=O)O. The van der Waals surface area contributed by atoms with Crippen LogP contribution in [-0.4, -0.2) is 17.7 Å². The van der Waals surface area contributed by atoms with E-state index in [2.05, 4.69) is 22.9 Å². The number of halogens is 1. The van der Waals surface area contributed by atoms with Crippen LogP contribution < -0.4 is 4.74 Å². The minimum Gasteiger partial charge on any atom is -0.491 e. The monoisotopic (exact) mass is 356 g/mol. The molecular formula is C17H25BrO3. The Morgan fingerprint density at radius 1 is 1.10 bits per heavy atom. The predicted molar refractivity (Wildman–Crippen MR) is 89.2 cm³/mol. The van der Waals surface area contributed by atoms with Crippen molar-refractivity contribution >= 4 is 21.9 Å². The molecule has 4 heteroatoms. The van der Waals surface area contributed by atoms with Crippen molar-refractivity contribution in [2.75, 3.05) is 6.61 Å². The topological polar surface area (TPSA) is 46.5 Å². The third-order valence-corrected chi connectivity index (χ3v) is 4.07. The van der Waals surface area contributed by atoms with Crippen LogP contribution in [0.15, 0.2) is 22.7 Å². The number of ether oxygens (including phenoxy) is 1. The van der Waals surface area contributed by atoms with Crippen LogP contribution in [-0.2, 0) is 0 Å². The lowest BCUT2D eigenvalue weighted by molar-refractivity contribution is 0.0692. The molecule has 0 aliphatic carbocycles. The average Bonchev–Trinajstić information content (AvgIpc) is 2.46. The van der Waals surface area contributed by atoms with Crippen LogP contribution in [0.1, 0.15) is 68.6 Å². The molecule has 1 rings (SSSR count). The summed E-state index contributed by atoms with van der Waals surface area (Å²) in [5.41, 5.74) is 0.212. The first-order valence-corrected chi connectivity index (χ1v) is 8.60. The number of aromatic carboxylic acids is 1. The quantitative estimate of drug-likeness (QED) is 0.519. The highest BCUT2D eigenvalue weighted by Gasteiger charge is 2.13. The zero-order valence-electron chi connectivity index (χ0n) is 12.7. The Labute approximate surface area is 135 Å². The molecule has 0 saturated heterocycles. The van der Waals surface area contributed by atoms with Gasteiger partial charge in [-0.1, -0.05) is 57.9 Å². The van der Waals surface area contributed by atoms with Gasteiger partial charge < -0.3 is 9.84 Å². The Balaban J connectivity index is 2.23. The minimum atomic E-state index is -0.956. The minimum absolute atomic E-state index is 0.212. The number of carbonyl (C=O) groups is 1. The van der Waals surface area contributed by atoms with Crippen LogP contribution in [0.4, 0.5) is 0 Å². The van der Waals surface area contributed by atoms with Crippen LogP contribution in [0, 0.1) is 0 Å². The molecule has 0 heterocycles. The van der Waals surface area contributed by atoms with Crippen molar-refractivity contribution < 1.29 is 14.6 Å². The van der Waals surface area contributed by atoms with Crippen molar-refractivity contribution in [2.24, 2.45) is 0 Å². The summed E-state index contributed by atoms with van der Waals surface area (Å²) in [6.45, 7) is 2.79.